The zero-order valence-corrected chi connectivity index (χ0v) is 19.9. The van der Waals surface area contributed by atoms with Crippen molar-refractivity contribution in [1.29, 1.82) is 0 Å². The highest BCUT2D eigenvalue weighted by atomic mass is 32.2. The van der Waals surface area contributed by atoms with E-state index in [1.165, 1.54) is 6.92 Å². The van der Waals surface area contributed by atoms with Crippen LogP contribution in [0, 0.1) is 0 Å². The summed E-state index contributed by atoms with van der Waals surface area (Å²) in [6, 6.07) is 7.18. The first kappa shape index (κ1) is 26.6. The molecule has 1 saturated heterocycles. The minimum Gasteiger partial charge on any atom is -0.463 e. The van der Waals surface area contributed by atoms with Gasteiger partial charge in [0.05, 0.1) is 23.5 Å². The number of carbonyl (C=O) groups is 4. The number of nitrogens with zero attached hydrogens (tertiary/aromatic N) is 1. The van der Waals surface area contributed by atoms with Crippen LogP contribution in [0.1, 0.15) is 31.1 Å². The van der Waals surface area contributed by atoms with E-state index in [0.717, 1.165) is 13.1 Å². The van der Waals surface area contributed by atoms with Gasteiger partial charge in [-0.2, -0.15) is 0 Å². The van der Waals surface area contributed by atoms with Crippen LogP contribution in [0.15, 0.2) is 30.3 Å². The van der Waals surface area contributed by atoms with Crippen molar-refractivity contribution in [2.45, 2.75) is 31.6 Å². The Morgan fingerprint density at radius 1 is 1.09 bits per heavy atom. The number of thioether (sulfide) groups is 1. The number of esters is 2. The molecule has 11 heteroatoms. The summed E-state index contributed by atoms with van der Waals surface area (Å²) in [6.07, 6.45) is 0. The van der Waals surface area contributed by atoms with E-state index in [9.17, 15) is 19.2 Å². The summed E-state index contributed by atoms with van der Waals surface area (Å²) in [6.45, 7) is 7.39. The molecule has 1 atom stereocenters. The fraction of sp³-hybridized carbons (Fsp3) is 0.545. The van der Waals surface area contributed by atoms with Crippen molar-refractivity contribution in [3.8, 4) is 0 Å². The van der Waals surface area contributed by atoms with Gasteiger partial charge in [0, 0.05) is 26.6 Å². The van der Waals surface area contributed by atoms with Crippen LogP contribution >= 0.6 is 11.8 Å². The van der Waals surface area contributed by atoms with Crippen LogP contribution in [0.4, 0.5) is 4.79 Å². The highest BCUT2D eigenvalue weighted by Gasteiger charge is 2.40. The summed E-state index contributed by atoms with van der Waals surface area (Å²) in [5.74, 6) is -1.73. The number of morpholine rings is 1. The van der Waals surface area contributed by atoms with Crippen LogP contribution in [0.3, 0.4) is 0 Å². The molecule has 1 aliphatic rings. The Labute approximate surface area is 197 Å². The van der Waals surface area contributed by atoms with E-state index >= 15 is 0 Å². The molecule has 2 rings (SSSR count). The van der Waals surface area contributed by atoms with Gasteiger partial charge in [-0.1, -0.05) is 18.2 Å². The van der Waals surface area contributed by atoms with Crippen LogP contribution in [0.25, 0.3) is 0 Å². The first-order chi connectivity index (χ1) is 15.7. The molecule has 1 heterocycles. The molecule has 0 radical (unpaired) electrons. The van der Waals surface area contributed by atoms with E-state index in [1.54, 1.807) is 44.2 Å². The van der Waals surface area contributed by atoms with Crippen LogP contribution in [-0.4, -0.2) is 85.1 Å². The van der Waals surface area contributed by atoms with Crippen molar-refractivity contribution in [2.24, 2.45) is 0 Å². The lowest BCUT2D eigenvalue weighted by Crippen LogP contribution is -2.53. The van der Waals surface area contributed by atoms with Crippen molar-refractivity contribution in [1.82, 2.24) is 10.2 Å². The number of rotatable bonds is 10. The average Bonchev–Trinajstić information content (AvgIpc) is 2.78. The Bertz CT molecular complexity index is 812. The maximum absolute atomic E-state index is 12.7. The Balaban J connectivity index is 1.84. The molecule has 1 aliphatic heterocycles. The molecule has 1 aromatic rings. The Morgan fingerprint density at radius 2 is 1.76 bits per heavy atom. The summed E-state index contributed by atoms with van der Waals surface area (Å²) >= 11 is 0.694. The highest BCUT2D eigenvalue weighted by Crippen LogP contribution is 2.30. The summed E-state index contributed by atoms with van der Waals surface area (Å²) in [5, 5.41) is 1.78. The molecule has 10 nitrogen and oxygen atoms in total. The smallest absolute Gasteiger partial charge is 0.370 e. The minimum absolute atomic E-state index is 0.148. The quantitative estimate of drug-likeness (QED) is 0.390. The third-order valence-corrected chi connectivity index (χ3v) is 5.80. The van der Waals surface area contributed by atoms with Gasteiger partial charge in [0.15, 0.2) is 0 Å². The lowest BCUT2D eigenvalue weighted by atomic mass is 10.0. The first-order valence-corrected chi connectivity index (χ1v) is 11.3. The number of hydrogen-bond donors (Lipinski definition) is 1. The molecule has 1 amide bonds. The van der Waals surface area contributed by atoms with Gasteiger partial charge in [0.1, 0.15) is 12.6 Å². The van der Waals surface area contributed by atoms with Crippen LogP contribution in [0.5, 0.6) is 0 Å². The SMILES string of the molecule is CC(=O)N[C@@H](C(=O)OCCN1CCOCC1)C(C)(C)SC(=O)OCOC(=O)c1ccccc1. The van der Waals surface area contributed by atoms with Crippen molar-refractivity contribution in [3.63, 3.8) is 0 Å². The summed E-state index contributed by atoms with van der Waals surface area (Å²) in [4.78, 5) is 50.7. The third-order valence-electron chi connectivity index (χ3n) is 4.76. The molecule has 0 aromatic heterocycles. The predicted octanol–water partition coefficient (Wildman–Crippen LogP) is 1.83. The summed E-state index contributed by atoms with van der Waals surface area (Å²) in [5.41, 5.74) is 0.326. The van der Waals surface area contributed by atoms with Crippen LogP contribution < -0.4 is 5.32 Å². The summed E-state index contributed by atoms with van der Waals surface area (Å²) in [7, 11) is 0. The number of carbonyl (C=O) groups excluding carboxylic acids is 4. The number of nitrogens with one attached hydrogen (secondary N) is 1. The molecule has 1 aromatic carbocycles. The average molecular weight is 483 g/mol. The second-order valence-electron chi connectivity index (χ2n) is 7.77. The molecule has 0 spiro atoms. The van der Waals surface area contributed by atoms with Gasteiger partial charge in [-0.05, 0) is 37.7 Å². The van der Waals surface area contributed by atoms with Crippen LogP contribution in [-0.2, 0) is 28.5 Å². The topological polar surface area (TPSA) is 120 Å². The number of benzene rings is 1. The van der Waals surface area contributed by atoms with E-state index in [1.807, 2.05) is 0 Å². The fourth-order valence-corrected chi connectivity index (χ4v) is 3.80. The lowest BCUT2D eigenvalue weighted by molar-refractivity contribution is -0.149. The normalized spacial score (nSPS) is 15.2. The molecule has 1 N–H and O–H groups in total. The summed E-state index contributed by atoms with van der Waals surface area (Å²) < 4.78 is 19.4. The fourth-order valence-electron chi connectivity index (χ4n) is 3.00. The van der Waals surface area contributed by atoms with Gasteiger partial charge in [-0.3, -0.25) is 9.69 Å². The number of ether oxygens (including phenoxy) is 4. The Kier molecular flexibility index (Phi) is 10.6. The standard InChI is InChI=1S/C22H30N2O8S/c1-16(25)23-18(20(27)30-14-11-24-9-12-29-13-10-24)22(2,3)33-21(28)32-15-31-19(26)17-7-5-4-6-8-17/h4-8,18H,9-15H2,1-3H3,(H,23,25)/t18-/m0/s1. The molecule has 0 bridgehead atoms. The first-order valence-electron chi connectivity index (χ1n) is 10.5. The molecule has 0 unspecified atom stereocenters. The Morgan fingerprint density at radius 3 is 2.39 bits per heavy atom. The van der Waals surface area contributed by atoms with Gasteiger partial charge >= 0.3 is 17.2 Å². The maximum Gasteiger partial charge on any atom is 0.370 e. The monoisotopic (exact) mass is 482 g/mol. The van der Waals surface area contributed by atoms with Gasteiger partial charge in [-0.25, -0.2) is 14.4 Å². The molecule has 33 heavy (non-hydrogen) atoms. The molecule has 1 fully saturated rings. The highest BCUT2D eigenvalue weighted by molar-refractivity contribution is 8.14. The second kappa shape index (κ2) is 13.2. The third kappa shape index (κ3) is 9.40. The molecular weight excluding hydrogens is 452 g/mol. The number of hydrogen-bond acceptors (Lipinski definition) is 10. The predicted molar refractivity (Wildman–Crippen MR) is 121 cm³/mol. The van der Waals surface area contributed by atoms with Gasteiger partial charge in [-0.15, -0.1) is 0 Å². The molecular formula is C22H30N2O8S. The largest absolute Gasteiger partial charge is 0.463 e. The molecule has 182 valence electrons. The van der Waals surface area contributed by atoms with Gasteiger partial charge in [0.2, 0.25) is 12.7 Å². The van der Waals surface area contributed by atoms with E-state index in [0.29, 0.717) is 37.1 Å². The van der Waals surface area contributed by atoms with Crippen molar-refractivity contribution >= 4 is 34.9 Å². The van der Waals surface area contributed by atoms with E-state index in [2.05, 4.69) is 10.2 Å². The maximum atomic E-state index is 12.7. The van der Waals surface area contributed by atoms with Gasteiger partial charge in [0.25, 0.3) is 0 Å². The molecule has 0 saturated carbocycles. The Hall–Kier alpha value is -2.63. The molecule has 0 aliphatic carbocycles. The van der Waals surface area contributed by atoms with Crippen LogP contribution in [0.2, 0.25) is 0 Å². The van der Waals surface area contributed by atoms with E-state index < -0.39 is 40.7 Å². The van der Waals surface area contributed by atoms with Crippen molar-refractivity contribution in [2.75, 3.05) is 46.2 Å². The van der Waals surface area contributed by atoms with Crippen molar-refractivity contribution in [3.05, 3.63) is 35.9 Å². The number of amides is 1. The zero-order valence-electron chi connectivity index (χ0n) is 19.0. The second-order valence-corrected chi connectivity index (χ2v) is 9.36. The van der Waals surface area contributed by atoms with Crippen molar-refractivity contribution < 1.29 is 38.1 Å². The zero-order chi connectivity index (χ0) is 24.3. The van der Waals surface area contributed by atoms with Gasteiger partial charge < -0.3 is 24.3 Å². The van der Waals surface area contributed by atoms with E-state index in [4.69, 9.17) is 18.9 Å². The lowest BCUT2D eigenvalue weighted by Gasteiger charge is -2.31. The minimum atomic E-state index is -1.10. The van der Waals surface area contributed by atoms with E-state index in [-0.39, 0.29) is 6.61 Å².